The van der Waals surface area contributed by atoms with E-state index in [9.17, 15) is 14.0 Å². The Balaban J connectivity index is 2.03. The summed E-state index contributed by atoms with van der Waals surface area (Å²) in [5.74, 6) is -2.43. The number of hydrogen-bond donors (Lipinski definition) is 0. The van der Waals surface area contributed by atoms with E-state index in [1.54, 1.807) is 19.1 Å². The molecule has 2 atom stereocenters. The van der Waals surface area contributed by atoms with E-state index < -0.39 is 23.6 Å². The minimum atomic E-state index is -0.986. The van der Waals surface area contributed by atoms with E-state index in [0.29, 0.717) is 23.3 Å². The number of ketones is 1. The monoisotopic (exact) mass is 362 g/mol. The predicted molar refractivity (Wildman–Crippen MR) is 90.6 cm³/mol. The molecular formula is C19H16ClFO4. The zero-order valence-corrected chi connectivity index (χ0v) is 14.3. The van der Waals surface area contributed by atoms with Crippen LogP contribution in [-0.4, -0.2) is 18.4 Å². The number of allylic oxidation sites excluding steroid dienone is 2. The number of esters is 1. The van der Waals surface area contributed by atoms with Crippen molar-refractivity contribution in [3.8, 4) is 0 Å². The SMILES string of the molecule is CCOC(=O)[C@H]1C(=O)C=C(c2ccco2)C[C@H]1c1ccc(F)c(Cl)c1. The third kappa shape index (κ3) is 3.51. The number of furan rings is 1. The van der Waals surface area contributed by atoms with Crippen LogP contribution in [0.5, 0.6) is 0 Å². The first-order valence-electron chi connectivity index (χ1n) is 7.91. The van der Waals surface area contributed by atoms with Crippen LogP contribution in [0.1, 0.15) is 30.6 Å². The standard InChI is InChI=1S/C19H16ClFO4/c1-2-24-19(23)18-13(11-5-6-15(21)14(20)9-11)8-12(10-16(18)22)17-4-3-7-25-17/h3-7,9-10,13,18H,2,8H2,1H3/t13-,18+/m0/s1. The molecule has 1 aliphatic carbocycles. The minimum Gasteiger partial charge on any atom is -0.465 e. The number of rotatable bonds is 4. The third-order valence-corrected chi connectivity index (χ3v) is 4.50. The second kappa shape index (κ2) is 7.23. The zero-order chi connectivity index (χ0) is 18.0. The average molecular weight is 363 g/mol. The fourth-order valence-electron chi connectivity index (χ4n) is 3.07. The van der Waals surface area contributed by atoms with Crippen molar-refractivity contribution in [3.05, 3.63) is 64.8 Å². The van der Waals surface area contributed by atoms with Crippen LogP contribution in [0.25, 0.3) is 5.57 Å². The first kappa shape index (κ1) is 17.4. The Morgan fingerprint density at radius 3 is 2.84 bits per heavy atom. The molecule has 0 N–H and O–H groups in total. The molecule has 1 aliphatic rings. The Hall–Kier alpha value is -2.40. The number of hydrogen-bond acceptors (Lipinski definition) is 4. The molecule has 1 aromatic heterocycles. The van der Waals surface area contributed by atoms with Gasteiger partial charge >= 0.3 is 5.97 Å². The van der Waals surface area contributed by atoms with E-state index in [4.69, 9.17) is 20.8 Å². The highest BCUT2D eigenvalue weighted by molar-refractivity contribution is 6.30. The number of ether oxygens (including phenoxy) is 1. The molecule has 25 heavy (non-hydrogen) atoms. The molecule has 0 amide bonds. The maximum absolute atomic E-state index is 13.5. The summed E-state index contributed by atoms with van der Waals surface area (Å²) in [7, 11) is 0. The van der Waals surface area contributed by atoms with Crippen LogP contribution in [0.4, 0.5) is 4.39 Å². The molecule has 0 saturated heterocycles. The lowest BCUT2D eigenvalue weighted by Crippen LogP contribution is -2.34. The highest BCUT2D eigenvalue weighted by atomic mass is 35.5. The second-order valence-electron chi connectivity index (χ2n) is 5.76. The summed E-state index contributed by atoms with van der Waals surface area (Å²) in [6.07, 6.45) is 3.31. The van der Waals surface area contributed by atoms with Crippen molar-refractivity contribution in [2.45, 2.75) is 19.3 Å². The first-order chi connectivity index (χ1) is 12.0. The van der Waals surface area contributed by atoms with Crippen molar-refractivity contribution in [1.82, 2.24) is 0 Å². The van der Waals surface area contributed by atoms with Gasteiger partial charge in [-0.25, -0.2) is 4.39 Å². The highest BCUT2D eigenvalue weighted by Gasteiger charge is 2.40. The lowest BCUT2D eigenvalue weighted by molar-refractivity contribution is -0.151. The minimum absolute atomic E-state index is 0.0540. The summed E-state index contributed by atoms with van der Waals surface area (Å²) in [5.41, 5.74) is 1.29. The van der Waals surface area contributed by atoms with E-state index in [0.717, 1.165) is 0 Å². The molecule has 3 rings (SSSR count). The normalized spacial score (nSPS) is 20.3. The van der Waals surface area contributed by atoms with Gasteiger partial charge in [-0.05, 0) is 54.8 Å². The van der Waals surface area contributed by atoms with Gasteiger partial charge in [0.1, 0.15) is 17.5 Å². The Bertz CT molecular complexity index is 826. The van der Waals surface area contributed by atoms with Crippen LogP contribution >= 0.6 is 11.6 Å². The topological polar surface area (TPSA) is 56.5 Å². The van der Waals surface area contributed by atoms with Crippen LogP contribution in [0, 0.1) is 11.7 Å². The number of carbonyl (C=O) groups excluding carboxylic acids is 2. The molecule has 2 aromatic rings. The molecule has 1 aromatic carbocycles. The Labute approximate surface area is 149 Å². The fraction of sp³-hybridized carbons (Fsp3) is 0.263. The average Bonchev–Trinajstić information content (AvgIpc) is 3.11. The van der Waals surface area contributed by atoms with E-state index in [1.165, 1.54) is 30.5 Å². The summed E-state index contributed by atoms with van der Waals surface area (Å²) in [4.78, 5) is 25.0. The molecular weight excluding hydrogens is 347 g/mol. The molecule has 0 radical (unpaired) electrons. The fourth-order valence-corrected chi connectivity index (χ4v) is 3.26. The van der Waals surface area contributed by atoms with Crippen LogP contribution < -0.4 is 0 Å². The molecule has 0 fully saturated rings. The summed E-state index contributed by atoms with van der Waals surface area (Å²) in [6, 6.07) is 7.69. The van der Waals surface area contributed by atoms with Crippen LogP contribution in [0.3, 0.4) is 0 Å². The maximum Gasteiger partial charge on any atom is 0.317 e. The van der Waals surface area contributed by atoms with Gasteiger partial charge in [0, 0.05) is 5.92 Å². The summed E-state index contributed by atoms with van der Waals surface area (Å²) in [6.45, 7) is 1.85. The molecule has 6 heteroatoms. The van der Waals surface area contributed by atoms with Gasteiger partial charge in [-0.1, -0.05) is 17.7 Å². The highest BCUT2D eigenvalue weighted by Crippen LogP contribution is 2.41. The van der Waals surface area contributed by atoms with Gasteiger partial charge in [-0.2, -0.15) is 0 Å². The van der Waals surface area contributed by atoms with Crippen molar-refractivity contribution >= 4 is 28.9 Å². The predicted octanol–water partition coefficient (Wildman–Crippen LogP) is 4.39. The van der Waals surface area contributed by atoms with Gasteiger partial charge in [0.2, 0.25) is 0 Å². The lowest BCUT2D eigenvalue weighted by Gasteiger charge is -2.28. The Morgan fingerprint density at radius 1 is 1.40 bits per heavy atom. The number of carbonyl (C=O) groups is 2. The van der Waals surface area contributed by atoms with Gasteiger partial charge in [-0.15, -0.1) is 0 Å². The number of benzene rings is 1. The molecule has 4 nitrogen and oxygen atoms in total. The van der Waals surface area contributed by atoms with Gasteiger partial charge in [0.25, 0.3) is 0 Å². The molecule has 130 valence electrons. The zero-order valence-electron chi connectivity index (χ0n) is 13.5. The van der Waals surface area contributed by atoms with E-state index in [-0.39, 0.29) is 17.4 Å². The van der Waals surface area contributed by atoms with Crippen molar-refractivity contribution < 1.29 is 23.1 Å². The molecule has 1 heterocycles. The molecule has 0 spiro atoms. The summed E-state index contributed by atoms with van der Waals surface area (Å²) < 4.78 is 23.9. The van der Waals surface area contributed by atoms with Crippen LogP contribution in [0.15, 0.2) is 47.1 Å². The van der Waals surface area contributed by atoms with Crippen LogP contribution in [0.2, 0.25) is 5.02 Å². The Kier molecular flexibility index (Phi) is 5.04. The van der Waals surface area contributed by atoms with Gasteiger partial charge in [0.05, 0.1) is 17.9 Å². The quantitative estimate of drug-likeness (QED) is 0.598. The number of halogens is 2. The van der Waals surface area contributed by atoms with Gasteiger partial charge in [0.15, 0.2) is 5.78 Å². The van der Waals surface area contributed by atoms with Gasteiger partial charge < -0.3 is 9.15 Å². The maximum atomic E-state index is 13.5. The summed E-state index contributed by atoms with van der Waals surface area (Å²) in [5, 5.41) is -0.0540. The van der Waals surface area contributed by atoms with Crippen molar-refractivity contribution in [3.63, 3.8) is 0 Å². The Morgan fingerprint density at radius 2 is 2.20 bits per heavy atom. The smallest absolute Gasteiger partial charge is 0.317 e. The van der Waals surface area contributed by atoms with Crippen LogP contribution in [-0.2, 0) is 14.3 Å². The third-order valence-electron chi connectivity index (χ3n) is 4.22. The van der Waals surface area contributed by atoms with E-state index in [2.05, 4.69) is 0 Å². The lowest BCUT2D eigenvalue weighted by atomic mass is 9.74. The first-order valence-corrected chi connectivity index (χ1v) is 8.29. The molecule has 0 aliphatic heterocycles. The largest absolute Gasteiger partial charge is 0.465 e. The van der Waals surface area contributed by atoms with Crippen molar-refractivity contribution in [1.29, 1.82) is 0 Å². The second-order valence-corrected chi connectivity index (χ2v) is 6.17. The van der Waals surface area contributed by atoms with Gasteiger partial charge in [-0.3, -0.25) is 9.59 Å². The summed E-state index contributed by atoms with van der Waals surface area (Å²) >= 11 is 5.88. The van der Waals surface area contributed by atoms with E-state index in [1.807, 2.05) is 0 Å². The van der Waals surface area contributed by atoms with Crippen molar-refractivity contribution in [2.24, 2.45) is 5.92 Å². The van der Waals surface area contributed by atoms with E-state index >= 15 is 0 Å². The molecule has 0 saturated carbocycles. The molecule has 0 unspecified atom stereocenters. The van der Waals surface area contributed by atoms with Crippen molar-refractivity contribution in [2.75, 3.05) is 6.61 Å². The molecule has 0 bridgehead atoms.